The lowest BCUT2D eigenvalue weighted by molar-refractivity contribution is -0.402. The molecule has 1 amide bonds. The van der Waals surface area contributed by atoms with E-state index in [0.717, 1.165) is 6.07 Å². The van der Waals surface area contributed by atoms with E-state index in [1.54, 1.807) is 0 Å². The topological polar surface area (TPSA) is 150 Å². The summed E-state index contributed by atoms with van der Waals surface area (Å²) in [6.45, 7) is -0.444. The van der Waals surface area contributed by atoms with Crippen molar-refractivity contribution in [3.63, 3.8) is 0 Å². The number of oxime groups is 1. The number of hydrogen-bond donors (Lipinski definition) is 2. The molecule has 0 spiro atoms. The summed E-state index contributed by atoms with van der Waals surface area (Å²) in [7, 11) is 0. The van der Waals surface area contributed by atoms with Gasteiger partial charge in [-0.1, -0.05) is 5.16 Å². The van der Waals surface area contributed by atoms with Gasteiger partial charge in [0.2, 0.25) is 11.7 Å². The van der Waals surface area contributed by atoms with Crippen LogP contribution in [0, 0.1) is 10.1 Å². The van der Waals surface area contributed by atoms with Crippen LogP contribution in [0.2, 0.25) is 0 Å². The Morgan fingerprint density at radius 3 is 2.80 bits per heavy atom. The number of amidine groups is 1. The molecule has 0 aromatic carbocycles. The minimum Gasteiger partial charge on any atom is -0.397 e. The molecule has 11 heteroatoms. The molecule has 108 valence electrons. The summed E-state index contributed by atoms with van der Waals surface area (Å²) in [5.74, 6) is -2.77. The van der Waals surface area contributed by atoms with E-state index in [9.17, 15) is 19.7 Å². The molecule has 10 nitrogen and oxygen atoms in total. The molecule has 3 N–H and O–H groups in total. The predicted octanol–water partition coefficient (Wildman–Crippen LogP) is -0.294. The highest BCUT2D eigenvalue weighted by molar-refractivity contribution is 6.27. The first-order chi connectivity index (χ1) is 9.43. The van der Waals surface area contributed by atoms with Crippen molar-refractivity contribution in [2.45, 2.75) is 0 Å². The van der Waals surface area contributed by atoms with Crippen LogP contribution in [0.15, 0.2) is 21.7 Å². The first-order valence-electron chi connectivity index (χ1n) is 5.04. The Kier molecular flexibility index (Phi) is 5.47. The van der Waals surface area contributed by atoms with Gasteiger partial charge in [0.25, 0.3) is 0 Å². The van der Waals surface area contributed by atoms with E-state index in [-0.39, 0.29) is 17.5 Å². The summed E-state index contributed by atoms with van der Waals surface area (Å²) in [6.07, 6.45) is 0. The number of carbonyl (C=O) groups is 2. The van der Waals surface area contributed by atoms with E-state index in [1.807, 2.05) is 0 Å². The lowest BCUT2D eigenvalue weighted by Gasteiger charge is -2.00. The van der Waals surface area contributed by atoms with Gasteiger partial charge in [0.1, 0.15) is 17.3 Å². The van der Waals surface area contributed by atoms with E-state index in [4.69, 9.17) is 21.8 Å². The van der Waals surface area contributed by atoms with E-state index < -0.39 is 29.2 Å². The summed E-state index contributed by atoms with van der Waals surface area (Å²) in [5.41, 5.74) is 5.39. The number of rotatable bonds is 6. The number of halogens is 1. The summed E-state index contributed by atoms with van der Waals surface area (Å²) in [4.78, 5) is 35.9. The van der Waals surface area contributed by atoms with Crippen molar-refractivity contribution >= 4 is 35.2 Å². The second-order valence-electron chi connectivity index (χ2n) is 3.25. The van der Waals surface area contributed by atoms with Gasteiger partial charge in [0.05, 0.1) is 6.07 Å². The second kappa shape index (κ2) is 7.09. The van der Waals surface area contributed by atoms with Gasteiger partial charge in [-0.05, 0) is 6.07 Å². The molecule has 0 fully saturated rings. The van der Waals surface area contributed by atoms with Crippen LogP contribution < -0.4 is 11.1 Å². The average molecular weight is 305 g/mol. The third-order valence-electron chi connectivity index (χ3n) is 1.82. The van der Waals surface area contributed by atoms with Gasteiger partial charge in [0.15, 0.2) is 5.76 Å². The maximum atomic E-state index is 11.1. The minimum atomic E-state index is -0.896. The number of alkyl halides is 1. The molecule has 0 aliphatic heterocycles. The molecule has 0 saturated carbocycles. The van der Waals surface area contributed by atoms with Gasteiger partial charge in [-0.3, -0.25) is 14.9 Å². The second-order valence-corrected chi connectivity index (χ2v) is 3.51. The molecule has 0 radical (unpaired) electrons. The Morgan fingerprint density at radius 2 is 2.25 bits per heavy atom. The smallest absolute Gasteiger partial charge is 0.397 e. The first kappa shape index (κ1) is 15.4. The van der Waals surface area contributed by atoms with Gasteiger partial charge in [0, 0.05) is 0 Å². The fourth-order valence-corrected chi connectivity index (χ4v) is 1.05. The maximum absolute atomic E-state index is 11.1. The number of carbonyl (C=O) groups excluding carboxylic acids is 2. The number of furan rings is 1. The van der Waals surface area contributed by atoms with Crippen molar-refractivity contribution < 1.29 is 23.8 Å². The van der Waals surface area contributed by atoms with E-state index in [0.29, 0.717) is 0 Å². The largest absolute Gasteiger partial charge is 0.433 e. The molecule has 0 atom stereocenters. The van der Waals surface area contributed by atoms with Crippen LogP contribution in [-0.4, -0.2) is 35.1 Å². The van der Waals surface area contributed by atoms with Crippen molar-refractivity contribution in [3.05, 3.63) is 28.0 Å². The van der Waals surface area contributed by atoms with Gasteiger partial charge >= 0.3 is 11.9 Å². The third-order valence-corrected chi connectivity index (χ3v) is 2.06. The lowest BCUT2D eigenvalue weighted by atomic mass is 10.4. The fraction of sp³-hybridized carbons (Fsp3) is 0.222. The van der Waals surface area contributed by atoms with Gasteiger partial charge < -0.3 is 20.3 Å². The van der Waals surface area contributed by atoms with Crippen LogP contribution in [0.5, 0.6) is 0 Å². The third kappa shape index (κ3) is 4.57. The maximum Gasteiger partial charge on any atom is 0.433 e. The Hall–Kier alpha value is -2.62. The minimum absolute atomic E-state index is 0.130. The van der Waals surface area contributed by atoms with Gasteiger partial charge in [-0.15, -0.1) is 11.6 Å². The van der Waals surface area contributed by atoms with Crippen molar-refractivity contribution in [1.29, 1.82) is 0 Å². The number of nitrogens with zero attached hydrogens (tertiary/aromatic N) is 2. The fourth-order valence-electron chi connectivity index (χ4n) is 0.959. The molecule has 1 heterocycles. The van der Waals surface area contributed by atoms with Crippen LogP contribution in [0.3, 0.4) is 0 Å². The Labute approximate surface area is 116 Å². The highest BCUT2D eigenvalue weighted by atomic mass is 35.5. The monoisotopic (exact) mass is 304 g/mol. The highest BCUT2D eigenvalue weighted by Gasteiger charge is 2.15. The summed E-state index contributed by atoms with van der Waals surface area (Å²) < 4.78 is 4.72. The zero-order valence-electron chi connectivity index (χ0n) is 9.87. The van der Waals surface area contributed by atoms with Crippen LogP contribution in [-0.2, 0) is 14.4 Å². The molecule has 0 saturated heterocycles. The number of amides is 1. The van der Waals surface area contributed by atoms with Crippen molar-refractivity contribution in [2.24, 2.45) is 10.9 Å². The average Bonchev–Trinajstić information content (AvgIpc) is 2.92. The number of nitrogens with one attached hydrogen (secondary N) is 1. The molecular weight excluding hydrogens is 296 g/mol. The molecule has 0 aliphatic rings. The Bertz CT molecular complexity index is 554. The number of nitrogens with two attached hydrogens (primary N) is 1. The van der Waals surface area contributed by atoms with Gasteiger partial charge in [-0.25, -0.2) is 4.79 Å². The van der Waals surface area contributed by atoms with Crippen molar-refractivity contribution in [1.82, 2.24) is 5.32 Å². The van der Waals surface area contributed by atoms with Crippen LogP contribution in [0.1, 0.15) is 5.76 Å². The van der Waals surface area contributed by atoms with Crippen LogP contribution >= 0.6 is 11.6 Å². The van der Waals surface area contributed by atoms with E-state index in [1.165, 1.54) is 6.07 Å². The molecule has 20 heavy (non-hydrogen) atoms. The Morgan fingerprint density at radius 1 is 1.55 bits per heavy atom. The van der Waals surface area contributed by atoms with Crippen LogP contribution in [0.25, 0.3) is 0 Å². The quantitative estimate of drug-likeness (QED) is 0.183. The summed E-state index contributed by atoms with van der Waals surface area (Å²) >= 11 is 5.19. The predicted molar refractivity (Wildman–Crippen MR) is 65.9 cm³/mol. The SMILES string of the molecule is N/C(=N\OC(=O)CNC(=O)CCl)c1ccc([N+](=O)[O-])o1. The summed E-state index contributed by atoms with van der Waals surface area (Å²) in [6, 6.07) is 2.26. The first-order valence-corrected chi connectivity index (χ1v) is 5.58. The molecule has 1 rings (SSSR count). The molecule has 1 aromatic rings. The van der Waals surface area contributed by atoms with Gasteiger partial charge in [-0.2, -0.15) is 0 Å². The van der Waals surface area contributed by atoms with E-state index >= 15 is 0 Å². The number of hydrogen-bond acceptors (Lipinski definition) is 7. The zero-order chi connectivity index (χ0) is 15.1. The van der Waals surface area contributed by atoms with Crippen molar-refractivity contribution in [2.75, 3.05) is 12.4 Å². The standard InChI is InChI=1S/C9H9ClN4O6/c10-3-6(15)12-4-8(16)20-13-9(11)5-1-2-7(19-5)14(17)18/h1-2H,3-4H2,(H2,11,13)(H,12,15). The molecule has 0 unspecified atom stereocenters. The molecular formula is C9H9ClN4O6. The van der Waals surface area contributed by atoms with Crippen molar-refractivity contribution in [3.8, 4) is 0 Å². The Balaban J connectivity index is 2.54. The van der Waals surface area contributed by atoms with Crippen LogP contribution in [0.4, 0.5) is 5.88 Å². The van der Waals surface area contributed by atoms with E-state index in [2.05, 4.69) is 15.3 Å². The molecule has 0 bridgehead atoms. The molecule has 1 aromatic heterocycles. The highest BCUT2D eigenvalue weighted by Crippen LogP contribution is 2.15. The lowest BCUT2D eigenvalue weighted by Crippen LogP contribution is -2.31. The normalized spacial score (nSPS) is 10.9. The molecule has 0 aliphatic carbocycles. The summed E-state index contributed by atoms with van der Waals surface area (Å²) in [5, 5.41) is 15.7. The zero-order valence-corrected chi connectivity index (χ0v) is 10.6. The number of nitro groups is 1.